The number of benzene rings is 1. The number of carbonyl (C=O) groups is 1. The highest BCUT2D eigenvalue weighted by atomic mass is 35.5. The van der Waals surface area contributed by atoms with E-state index in [0.29, 0.717) is 11.8 Å². The van der Waals surface area contributed by atoms with Crippen molar-refractivity contribution in [1.29, 1.82) is 0 Å². The predicted molar refractivity (Wildman–Crippen MR) is 84.9 cm³/mol. The van der Waals surface area contributed by atoms with Crippen LogP contribution >= 0.6 is 11.6 Å². The summed E-state index contributed by atoms with van der Waals surface area (Å²) in [5.41, 5.74) is 4.08. The molecule has 0 saturated heterocycles. The van der Waals surface area contributed by atoms with Gasteiger partial charge in [-0.05, 0) is 45.8 Å². The molecule has 0 saturated carbocycles. The van der Waals surface area contributed by atoms with Crippen molar-refractivity contribution in [3.8, 4) is 17.0 Å². The number of pyridine rings is 1. The number of carbonyl (C=O) groups excluding carboxylic acids is 1. The summed E-state index contributed by atoms with van der Waals surface area (Å²) in [5, 5.41) is -0.356. The van der Waals surface area contributed by atoms with Crippen LogP contribution in [0, 0.1) is 0 Å². The lowest BCUT2D eigenvalue weighted by atomic mass is 9.89. The van der Waals surface area contributed by atoms with Gasteiger partial charge in [0.2, 0.25) is 11.1 Å². The highest BCUT2D eigenvalue weighted by Crippen LogP contribution is 2.32. The molecule has 0 radical (unpaired) electrons. The molecular formula is C17H18ClNO2. The molecule has 0 N–H and O–H groups in total. The quantitative estimate of drug-likeness (QED) is 0.778. The second-order valence-corrected chi connectivity index (χ2v) is 5.57. The zero-order valence-electron chi connectivity index (χ0n) is 12.4. The molecule has 2 aromatic rings. The van der Waals surface area contributed by atoms with Gasteiger partial charge in [0.25, 0.3) is 0 Å². The molecule has 0 unspecified atom stereocenters. The Hall–Kier alpha value is -1.87. The first-order chi connectivity index (χ1) is 10.0. The number of halogens is 1. The lowest BCUT2D eigenvalue weighted by molar-refractivity contribution is -0.111. The van der Waals surface area contributed by atoms with Crippen LogP contribution in [0.4, 0.5) is 0 Å². The van der Waals surface area contributed by atoms with Gasteiger partial charge in [-0.25, -0.2) is 4.98 Å². The maximum Gasteiger partial charge on any atom is 0.226 e. The van der Waals surface area contributed by atoms with Gasteiger partial charge in [-0.3, -0.25) is 4.79 Å². The highest BCUT2D eigenvalue weighted by molar-refractivity contribution is 6.63. The van der Waals surface area contributed by atoms with Crippen LogP contribution in [0.3, 0.4) is 0 Å². The van der Waals surface area contributed by atoms with E-state index in [4.69, 9.17) is 16.3 Å². The van der Waals surface area contributed by atoms with Gasteiger partial charge in [-0.15, -0.1) is 0 Å². The van der Waals surface area contributed by atoms with E-state index in [2.05, 4.69) is 18.8 Å². The molecule has 0 aliphatic heterocycles. The molecule has 1 heterocycles. The summed E-state index contributed by atoms with van der Waals surface area (Å²) in [6.45, 7) is 4.21. The fraction of sp³-hybridized carbons (Fsp3) is 0.294. The number of nitrogens with zero attached hydrogens (tertiary/aromatic N) is 1. The van der Waals surface area contributed by atoms with Crippen molar-refractivity contribution < 1.29 is 9.53 Å². The molecule has 4 heteroatoms. The van der Waals surface area contributed by atoms with Crippen LogP contribution in [0.15, 0.2) is 36.5 Å². The van der Waals surface area contributed by atoms with Gasteiger partial charge < -0.3 is 4.74 Å². The van der Waals surface area contributed by atoms with Crippen molar-refractivity contribution in [1.82, 2.24) is 4.98 Å². The standard InChI is InChI=1S/C17H18ClNO2/c1-11(2)13-5-4-6-14(15(13)10-16(18)20)12-7-8-19-17(9-12)21-3/h4-9,11H,10H2,1-3H3. The smallest absolute Gasteiger partial charge is 0.226 e. The van der Waals surface area contributed by atoms with E-state index in [1.807, 2.05) is 30.3 Å². The molecule has 1 aromatic carbocycles. The van der Waals surface area contributed by atoms with E-state index in [1.165, 1.54) is 0 Å². The Balaban J connectivity index is 2.61. The summed E-state index contributed by atoms with van der Waals surface area (Å²) in [4.78, 5) is 15.5. The third kappa shape index (κ3) is 3.61. The summed E-state index contributed by atoms with van der Waals surface area (Å²) >= 11 is 5.63. The molecule has 0 atom stereocenters. The molecule has 2 rings (SSSR count). The van der Waals surface area contributed by atoms with Crippen molar-refractivity contribution in [3.05, 3.63) is 47.7 Å². The average Bonchev–Trinajstić information content (AvgIpc) is 2.46. The van der Waals surface area contributed by atoms with Crippen molar-refractivity contribution in [2.75, 3.05) is 7.11 Å². The van der Waals surface area contributed by atoms with Crippen LogP contribution in [0.5, 0.6) is 5.88 Å². The Morgan fingerprint density at radius 2 is 2.10 bits per heavy atom. The Kier molecular flexibility index (Phi) is 4.97. The number of rotatable bonds is 5. The summed E-state index contributed by atoms with van der Waals surface area (Å²) in [5.74, 6) is 0.866. The lowest BCUT2D eigenvalue weighted by Crippen LogP contribution is -2.03. The van der Waals surface area contributed by atoms with Gasteiger partial charge >= 0.3 is 0 Å². The number of hydrogen-bond acceptors (Lipinski definition) is 3. The van der Waals surface area contributed by atoms with Gasteiger partial charge in [0.15, 0.2) is 0 Å². The van der Waals surface area contributed by atoms with Crippen LogP contribution < -0.4 is 4.74 Å². The van der Waals surface area contributed by atoms with Crippen LogP contribution in [0.1, 0.15) is 30.9 Å². The Bertz CT molecular complexity index is 653. The summed E-state index contributed by atoms with van der Waals surface area (Å²) < 4.78 is 5.17. The fourth-order valence-electron chi connectivity index (χ4n) is 2.44. The molecular weight excluding hydrogens is 286 g/mol. The second-order valence-electron chi connectivity index (χ2n) is 5.15. The number of methoxy groups -OCH3 is 1. The maximum atomic E-state index is 11.4. The lowest BCUT2D eigenvalue weighted by Gasteiger charge is -2.16. The molecule has 0 bridgehead atoms. The van der Waals surface area contributed by atoms with Crippen LogP contribution in [0.2, 0.25) is 0 Å². The predicted octanol–water partition coefficient (Wildman–Crippen LogP) is 4.19. The molecule has 0 aliphatic carbocycles. The van der Waals surface area contributed by atoms with E-state index in [9.17, 15) is 4.79 Å². The monoisotopic (exact) mass is 303 g/mol. The van der Waals surface area contributed by atoms with Crippen LogP contribution in [-0.4, -0.2) is 17.3 Å². The van der Waals surface area contributed by atoms with E-state index in [0.717, 1.165) is 22.3 Å². The number of hydrogen-bond donors (Lipinski definition) is 0. The minimum absolute atomic E-state index is 0.218. The van der Waals surface area contributed by atoms with E-state index >= 15 is 0 Å². The molecule has 21 heavy (non-hydrogen) atoms. The summed E-state index contributed by atoms with van der Waals surface area (Å²) in [6.07, 6.45) is 1.92. The van der Waals surface area contributed by atoms with Crippen molar-refractivity contribution in [2.45, 2.75) is 26.2 Å². The third-order valence-corrected chi connectivity index (χ3v) is 3.54. The van der Waals surface area contributed by atoms with Crippen molar-refractivity contribution in [2.24, 2.45) is 0 Å². The first-order valence-corrected chi connectivity index (χ1v) is 7.21. The first-order valence-electron chi connectivity index (χ1n) is 6.83. The minimum atomic E-state index is -0.356. The molecule has 0 amide bonds. The van der Waals surface area contributed by atoms with Gasteiger partial charge in [0, 0.05) is 18.7 Å². The molecule has 110 valence electrons. The van der Waals surface area contributed by atoms with Gasteiger partial charge in [0.05, 0.1) is 7.11 Å². The molecule has 1 aromatic heterocycles. The van der Waals surface area contributed by atoms with Crippen LogP contribution in [0.25, 0.3) is 11.1 Å². The first kappa shape index (κ1) is 15.5. The minimum Gasteiger partial charge on any atom is -0.481 e. The fourth-order valence-corrected chi connectivity index (χ4v) is 2.57. The van der Waals surface area contributed by atoms with E-state index in [1.54, 1.807) is 13.3 Å². The number of ether oxygens (including phenoxy) is 1. The van der Waals surface area contributed by atoms with Crippen molar-refractivity contribution >= 4 is 16.8 Å². The Morgan fingerprint density at radius 3 is 2.71 bits per heavy atom. The topological polar surface area (TPSA) is 39.2 Å². The Morgan fingerprint density at radius 1 is 1.33 bits per heavy atom. The molecule has 3 nitrogen and oxygen atoms in total. The maximum absolute atomic E-state index is 11.4. The Labute approximate surface area is 129 Å². The summed E-state index contributed by atoms with van der Waals surface area (Å²) in [7, 11) is 1.58. The van der Waals surface area contributed by atoms with E-state index in [-0.39, 0.29) is 11.7 Å². The largest absolute Gasteiger partial charge is 0.481 e. The molecule has 0 fully saturated rings. The summed E-state index contributed by atoms with van der Waals surface area (Å²) in [6, 6.07) is 9.81. The molecule has 0 spiro atoms. The normalized spacial score (nSPS) is 10.7. The van der Waals surface area contributed by atoms with E-state index < -0.39 is 0 Å². The van der Waals surface area contributed by atoms with Gasteiger partial charge in [-0.2, -0.15) is 0 Å². The second kappa shape index (κ2) is 6.72. The SMILES string of the molecule is COc1cc(-c2cccc(C(C)C)c2CC(=O)Cl)ccn1. The highest BCUT2D eigenvalue weighted by Gasteiger charge is 2.15. The average molecular weight is 304 g/mol. The molecule has 0 aliphatic rings. The van der Waals surface area contributed by atoms with Gasteiger partial charge in [-0.1, -0.05) is 32.0 Å². The zero-order chi connectivity index (χ0) is 15.4. The zero-order valence-corrected chi connectivity index (χ0v) is 13.1. The van der Waals surface area contributed by atoms with Crippen LogP contribution in [-0.2, 0) is 11.2 Å². The number of aromatic nitrogens is 1. The van der Waals surface area contributed by atoms with Gasteiger partial charge in [0.1, 0.15) is 0 Å². The third-order valence-electron chi connectivity index (χ3n) is 3.41. The van der Waals surface area contributed by atoms with Crippen molar-refractivity contribution in [3.63, 3.8) is 0 Å².